The van der Waals surface area contributed by atoms with Gasteiger partial charge in [0.1, 0.15) is 12.4 Å². The Labute approximate surface area is 85.5 Å². The monoisotopic (exact) mass is 191 g/mol. The number of aryl methyl sites for hydroxylation is 1. The van der Waals surface area contributed by atoms with E-state index < -0.39 is 0 Å². The molecule has 0 saturated carbocycles. The molecule has 2 heteroatoms. The maximum atomic E-state index is 5.62. The molecule has 0 atom stereocenters. The normalized spacial score (nSPS) is 15.3. The van der Waals surface area contributed by atoms with Crippen LogP contribution in [0, 0.1) is 6.92 Å². The molecule has 1 aliphatic heterocycles. The van der Waals surface area contributed by atoms with E-state index in [1.807, 2.05) is 0 Å². The number of rotatable bonds is 1. The molecule has 0 unspecified atom stereocenters. The van der Waals surface area contributed by atoms with Gasteiger partial charge in [-0.1, -0.05) is 6.07 Å². The number of nitrogens with zero attached hydrogens (tertiary/aromatic N) is 1. The van der Waals surface area contributed by atoms with E-state index in [0.717, 1.165) is 18.9 Å². The van der Waals surface area contributed by atoms with Gasteiger partial charge in [0.25, 0.3) is 0 Å². The summed E-state index contributed by atoms with van der Waals surface area (Å²) in [5, 5.41) is 0. The Morgan fingerprint density at radius 1 is 1.36 bits per heavy atom. The molecule has 0 radical (unpaired) electrons. The Balaban J connectivity index is 2.41. The Morgan fingerprint density at radius 2 is 2.14 bits per heavy atom. The van der Waals surface area contributed by atoms with E-state index in [2.05, 4.69) is 43.9 Å². The van der Waals surface area contributed by atoms with Gasteiger partial charge in [0, 0.05) is 6.04 Å². The lowest BCUT2D eigenvalue weighted by Gasteiger charge is -2.34. The molecule has 76 valence electrons. The lowest BCUT2D eigenvalue weighted by Crippen LogP contribution is -2.37. The summed E-state index contributed by atoms with van der Waals surface area (Å²) in [6, 6.07) is 6.91. The molecule has 1 heterocycles. The number of fused-ring (bicyclic) bond motifs is 1. The van der Waals surface area contributed by atoms with Gasteiger partial charge in [0.15, 0.2) is 0 Å². The minimum Gasteiger partial charge on any atom is -0.490 e. The summed E-state index contributed by atoms with van der Waals surface area (Å²) < 4.78 is 5.62. The second-order valence-corrected chi connectivity index (χ2v) is 4.11. The standard InChI is InChI=1S/C12H17NO/c1-9(2)13-6-7-14-12-5-4-10(3)8-11(12)13/h4-5,8-9H,6-7H2,1-3H3. The van der Waals surface area contributed by atoms with Crippen molar-refractivity contribution in [3.63, 3.8) is 0 Å². The molecular weight excluding hydrogens is 174 g/mol. The Hall–Kier alpha value is -1.18. The third-order valence-corrected chi connectivity index (χ3v) is 2.64. The van der Waals surface area contributed by atoms with Crippen LogP contribution in [0.15, 0.2) is 18.2 Å². The van der Waals surface area contributed by atoms with Crippen LogP contribution in [0.5, 0.6) is 5.75 Å². The first-order valence-electron chi connectivity index (χ1n) is 5.18. The van der Waals surface area contributed by atoms with Crippen molar-refractivity contribution < 1.29 is 4.74 Å². The van der Waals surface area contributed by atoms with Crippen LogP contribution in [0.1, 0.15) is 19.4 Å². The van der Waals surface area contributed by atoms with E-state index in [-0.39, 0.29) is 0 Å². The SMILES string of the molecule is Cc1ccc2c(c1)N(C(C)C)CCO2. The number of hydrogen-bond donors (Lipinski definition) is 0. The van der Waals surface area contributed by atoms with Crippen LogP contribution < -0.4 is 9.64 Å². The molecule has 0 spiro atoms. The molecule has 0 N–H and O–H groups in total. The van der Waals surface area contributed by atoms with Crippen molar-refractivity contribution in [1.82, 2.24) is 0 Å². The molecule has 0 saturated heterocycles. The van der Waals surface area contributed by atoms with E-state index in [0.29, 0.717) is 6.04 Å². The molecule has 0 aromatic heterocycles. The van der Waals surface area contributed by atoms with Gasteiger partial charge in [0.2, 0.25) is 0 Å². The van der Waals surface area contributed by atoms with Gasteiger partial charge in [-0.15, -0.1) is 0 Å². The van der Waals surface area contributed by atoms with Crippen molar-refractivity contribution in [1.29, 1.82) is 0 Å². The number of anilines is 1. The summed E-state index contributed by atoms with van der Waals surface area (Å²) in [5.74, 6) is 1.02. The molecule has 0 fully saturated rings. The zero-order valence-corrected chi connectivity index (χ0v) is 9.08. The molecule has 0 aliphatic carbocycles. The van der Waals surface area contributed by atoms with E-state index >= 15 is 0 Å². The van der Waals surface area contributed by atoms with Crippen molar-refractivity contribution in [3.8, 4) is 5.75 Å². The van der Waals surface area contributed by atoms with E-state index in [1.165, 1.54) is 11.3 Å². The van der Waals surface area contributed by atoms with E-state index in [9.17, 15) is 0 Å². The summed E-state index contributed by atoms with van der Waals surface area (Å²) in [7, 11) is 0. The molecular formula is C12H17NO. The van der Waals surface area contributed by atoms with Gasteiger partial charge in [-0.25, -0.2) is 0 Å². The first-order valence-corrected chi connectivity index (χ1v) is 5.18. The molecule has 14 heavy (non-hydrogen) atoms. The first kappa shape index (κ1) is 9.38. The van der Waals surface area contributed by atoms with Crippen LogP contribution in [0.4, 0.5) is 5.69 Å². The van der Waals surface area contributed by atoms with E-state index in [4.69, 9.17) is 4.74 Å². The van der Waals surface area contributed by atoms with Crippen LogP contribution >= 0.6 is 0 Å². The van der Waals surface area contributed by atoms with Crippen molar-refractivity contribution >= 4 is 5.69 Å². The maximum absolute atomic E-state index is 5.62. The van der Waals surface area contributed by atoms with Crippen LogP contribution in [-0.2, 0) is 0 Å². The topological polar surface area (TPSA) is 12.5 Å². The Bertz CT molecular complexity index is 333. The highest BCUT2D eigenvalue weighted by molar-refractivity contribution is 5.61. The maximum Gasteiger partial charge on any atom is 0.142 e. The molecule has 0 amide bonds. The fraction of sp³-hybridized carbons (Fsp3) is 0.500. The van der Waals surface area contributed by atoms with Crippen LogP contribution in [0.25, 0.3) is 0 Å². The second kappa shape index (κ2) is 3.52. The van der Waals surface area contributed by atoms with Gasteiger partial charge in [-0.2, -0.15) is 0 Å². The summed E-state index contributed by atoms with van der Waals surface area (Å²) in [4.78, 5) is 2.39. The molecule has 1 aromatic rings. The van der Waals surface area contributed by atoms with Crippen molar-refractivity contribution in [3.05, 3.63) is 23.8 Å². The Kier molecular flexibility index (Phi) is 2.36. The summed E-state index contributed by atoms with van der Waals surface area (Å²) in [5.41, 5.74) is 2.53. The van der Waals surface area contributed by atoms with Gasteiger partial charge < -0.3 is 9.64 Å². The Morgan fingerprint density at radius 3 is 2.86 bits per heavy atom. The van der Waals surface area contributed by atoms with Crippen molar-refractivity contribution in [2.75, 3.05) is 18.1 Å². The van der Waals surface area contributed by atoms with Gasteiger partial charge >= 0.3 is 0 Å². The fourth-order valence-corrected chi connectivity index (χ4v) is 1.88. The summed E-state index contributed by atoms with van der Waals surface area (Å²) >= 11 is 0. The molecule has 1 aromatic carbocycles. The average Bonchev–Trinajstić information content (AvgIpc) is 2.16. The van der Waals surface area contributed by atoms with Crippen molar-refractivity contribution in [2.24, 2.45) is 0 Å². The third kappa shape index (κ3) is 1.57. The summed E-state index contributed by atoms with van der Waals surface area (Å²) in [6.45, 7) is 8.35. The number of ether oxygens (including phenoxy) is 1. The van der Waals surface area contributed by atoms with E-state index in [1.54, 1.807) is 0 Å². The van der Waals surface area contributed by atoms with Crippen LogP contribution in [0.3, 0.4) is 0 Å². The molecule has 2 nitrogen and oxygen atoms in total. The van der Waals surface area contributed by atoms with Gasteiger partial charge in [-0.3, -0.25) is 0 Å². The number of benzene rings is 1. The largest absolute Gasteiger partial charge is 0.490 e. The van der Waals surface area contributed by atoms with Crippen LogP contribution in [-0.4, -0.2) is 19.2 Å². The highest BCUT2D eigenvalue weighted by Gasteiger charge is 2.19. The lowest BCUT2D eigenvalue weighted by molar-refractivity contribution is 0.303. The quantitative estimate of drug-likeness (QED) is 0.676. The lowest BCUT2D eigenvalue weighted by atomic mass is 10.1. The van der Waals surface area contributed by atoms with Gasteiger partial charge in [-0.05, 0) is 38.5 Å². The number of hydrogen-bond acceptors (Lipinski definition) is 2. The first-order chi connectivity index (χ1) is 6.68. The molecule has 2 rings (SSSR count). The smallest absolute Gasteiger partial charge is 0.142 e. The van der Waals surface area contributed by atoms with Crippen LogP contribution in [0.2, 0.25) is 0 Å². The summed E-state index contributed by atoms with van der Waals surface area (Å²) in [6.07, 6.45) is 0. The third-order valence-electron chi connectivity index (χ3n) is 2.64. The predicted octanol–water partition coefficient (Wildman–Crippen LogP) is 2.60. The fourth-order valence-electron chi connectivity index (χ4n) is 1.88. The minimum atomic E-state index is 0.541. The highest BCUT2D eigenvalue weighted by Crippen LogP contribution is 2.33. The predicted molar refractivity (Wildman–Crippen MR) is 59.2 cm³/mol. The zero-order valence-electron chi connectivity index (χ0n) is 9.08. The molecule has 1 aliphatic rings. The van der Waals surface area contributed by atoms with Crippen molar-refractivity contribution in [2.45, 2.75) is 26.8 Å². The average molecular weight is 191 g/mol. The second-order valence-electron chi connectivity index (χ2n) is 4.11. The van der Waals surface area contributed by atoms with Gasteiger partial charge in [0.05, 0.1) is 12.2 Å². The minimum absolute atomic E-state index is 0.541. The highest BCUT2D eigenvalue weighted by atomic mass is 16.5. The molecule has 0 bridgehead atoms. The zero-order chi connectivity index (χ0) is 10.1.